The Morgan fingerprint density at radius 1 is 1.21 bits per heavy atom. The number of nitrogens with zero attached hydrogens (tertiary/aromatic N) is 2. The van der Waals surface area contributed by atoms with Crippen molar-refractivity contribution in [3.05, 3.63) is 54.0 Å². The SMILES string of the molecule is CC(C)N(C)S(=O)(=O)c1cccc(C(=O)NCC(c2ccco2)N2CCCC2)c1. The number of hydrogen-bond acceptors (Lipinski definition) is 5. The fourth-order valence-corrected chi connectivity index (χ4v) is 4.89. The number of hydrogen-bond donors (Lipinski definition) is 1. The quantitative estimate of drug-likeness (QED) is 0.711. The van der Waals surface area contributed by atoms with E-state index in [9.17, 15) is 13.2 Å². The van der Waals surface area contributed by atoms with E-state index in [0.717, 1.165) is 31.7 Å². The molecule has 1 aromatic carbocycles. The molecule has 1 aliphatic rings. The van der Waals surface area contributed by atoms with Crippen LogP contribution >= 0.6 is 0 Å². The maximum atomic E-state index is 12.7. The third-order valence-corrected chi connectivity index (χ3v) is 7.44. The molecule has 0 saturated carbocycles. The highest BCUT2D eigenvalue weighted by Gasteiger charge is 2.27. The molecule has 29 heavy (non-hydrogen) atoms. The number of amides is 1. The molecule has 1 amide bonds. The lowest BCUT2D eigenvalue weighted by molar-refractivity contribution is 0.0933. The smallest absolute Gasteiger partial charge is 0.251 e. The molecule has 1 fully saturated rings. The van der Waals surface area contributed by atoms with Crippen LogP contribution in [0.2, 0.25) is 0 Å². The van der Waals surface area contributed by atoms with Gasteiger partial charge in [-0.15, -0.1) is 0 Å². The van der Waals surface area contributed by atoms with Crippen LogP contribution in [0.4, 0.5) is 0 Å². The van der Waals surface area contributed by atoms with Crippen molar-refractivity contribution in [1.82, 2.24) is 14.5 Å². The van der Waals surface area contributed by atoms with Gasteiger partial charge in [0, 0.05) is 25.2 Å². The molecular formula is C21H29N3O4S. The first-order valence-corrected chi connectivity index (χ1v) is 11.4. The van der Waals surface area contributed by atoms with Crippen LogP contribution in [0.3, 0.4) is 0 Å². The van der Waals surface area contributed by atoms with Gasteiger partial charge in [0.15, 0.2) is 0 Å². The van der Waals surface area contributed by atoms with Crippen molar-refractivity contribution in [3.8, 4) is 0 Å². The maximum absolute atomic E-state index is 12.7. The van der Waals surface area contributed by atoms with Gasteiger partial charge in [0.05, 0.1) is 17.2 Å². The molecule has 1 aliphatic heterocycles. The van der Waals surface area contributed by atoms with Gasteiger partial charge in [-0.1, -0.05) is 6.07 Å². The molecule has 1 unspecified atom stereocenters. The monoisotopic (exact) mass is 419 g/mol. The van der Waals surface area contributed by atoms with Gasteiger partial charge in [0.25, 0.3) is 5.91 Å². The van der Waals surface area contributed by atoms with Gasteiger partial charge in [0.2, 0.25) is 10.0 Å². The van der Waals surface area contributed by atoms with Crippen molar-refractivity contribution in [3.63, 3.8) is 0 Å². The van der Waals surface area contributed by atoms with Gasteiger partial charge < -0.3 is 9.73 Å². The number of sulfonamides is 1. The molecule has 0 aliphatic carbocycles. The molecule has 1 N–H and O–H groups in total. The van der Waals surface area contributed by atoms with Crippen LogP contribution in [0.15, 0.2) is 52.0 Å². The Hall–Kier alpha value is -2.16. The van der Waals surface area contributed by atoms with Crippen molar-refractivity contribution in [2.24, 2.45) is 0 Å². The van der Waals surface area contributed by atoms with Crippen LogP contribution in [0.1, 0.15) is 48.8 Å². The van der Waals surface area contributed by atoms with Crippen LogP contribution in [-0.2, 0) is 10.0 Å². The van der Waals surface area contributed by atoms with Gasteiger partial charge in [-0.05, 0) is 70.1 Å². The van der Waals surface area contributed by atoms with Gasteiger partial charge in [-0.25, -0.2) is 8.42 Å². The molecule has 1 aromatic heterocycles. The molecule has 8 heteroatoms. The first kappa shape index (κ1) is 21.5. The van der Waals surface area contributed by atoms with Crippen molar-refractivity contribution < 1.29 is 17.6 Å². The molecule has 0 bridgehead atoms. The number of carbonyl (C=O) groups is 1. The third-order valence-electron chi connectivity index (χ3n) is 5.41. The second-order valence-corrected chi connectivity index (χ2v) is 9.62. The topological polar surface area (TPSA) is 82.9 Å². The minimum atomic E-state index is -3.64. The molecular weight excluding hydrogens is 390 g/mol. The number of nitrogens with one attached hydrogen (secondary N) is 1. The number of furan rings is 1. The molecule has 0 spiro atoms. The highest BCUT2D eigenvalue weighted by atomic mass is 32.2. The van der Waals surface area contributed by atoms with E-state index in [1.54, 1.807) is 32.2 Å². The van der Waals surface area contributed by atoms with Crippen LogP contribution in [0.25, 0.3) is 0 Å². The lowest BCUT2D eigenvalue weighted by Gasteiger charge is -2.26. The van der Waals surface area contributed by atoms with Crippen molar-refractivity contribution in [1.29, 1.82) is 0 Å². The minimum Gasteiger partial charge on any atom is -0.468 e. The van der Waals surface area contributed by atoms with Gasteiger partial charge in [0.1, 0.15) is 5.76 Å². The standard InChI is InChI=1S/C21H29N3O4S/c1-16(2)23(3)29(26,27)18-9-6-8-17(14-18)21(25)22-15-19(20-10-7-13-28-20)24-11-4-5-12-24/h6-10,13-14,16,19H,4-5,11-12,15H2,1-3H3,(H,22,25). The van der Waals surface area contributed by atoms with Crippen molar-refractivity contribution in [2.75, 3.05) is 26.7 Å². The van der Waals surface area contributed by atoms with E-state index in [1.807, 2.05) is 12.1 Å². The third kappa shape index (κ3) is 4.88. The van der Waals surface area contributed by atoms with E-state index in [-0.39, 0.29) is 22.9 Å². The van der Waals surface area contributed by atoms with E-state index in [2.05, 4.69) is 10.2 Å². The largest absolute Gasteiger partial charge is 0.468 e. The van der Waals surface area contributed by atoms with E-state index >= 15 is 0 Å². The number of rotatable bonds is 8. The van der Waals surface area contributed by atoms with Crippen LogP contribution in [-0.4, -0.2) is 56.3 Å². The van der Waals surface area contributed by atoms with Crippen molar-refractivity contribution in [2.45, 2.75) is 43.7 Å². The summed E-state index contributed by atoms with van der Waals surface area (Å²) in [7, 11) is -2.11. The summed E-state index contributed by atoms with van der Waals surface area (Å²) < 4.78 is 32.3. The second kappa shape index (κ2) is 9.11. The summed E-state index contributed by atoms with van der Waals surface area (Å²) in [6, 6.07) is 9.73. The molecule has 1 saturated heterocycles. The summed E-state index contributed by atoms with van der Waals surface area (Å²) in [5.41, 5.74) is 0.322. The molecule has 158 valence electrons. The highest BCUT2D eigenvalue weighted by Crippen LogP contribution is 2.25. The summed E-state index contributed by atoms with van der Waals surface area (Å²) in [6.45, 7) is 5.95. The summed E-state index contributed by atoms with van der Waals surface area (Å²) >= 11 is 0. The van der Waals surface area contributed by atoms with Gasteiger partial charge in [-0.2, -0.15) is 4.31 Å². The normalized spacial score (nSPS) is 16.4. The fourth-order valence-electron chi connectivity index (χ4n) is 3.48. The lowest BCUT2D eigenvalue weighted by Crippen LogP contribution is -2.37. The zero-order valence-corrected chi connectivity index (χ0v) is 18.0. The minimum absolute atomic E-state index is 0.0320. The summed E-state index contributed by atoms with van der Waals surface area (Å²) in [5, 5.41) is 2.95. The molecule has 2 aromatic rings. The number of likely N-dealkylation sites (tertiary alicyclic amines) is 1. The van der Waals surface area contributed by atoms with E-state index in [0.29, 0.717) is 12.1 Å². The Morgan fingerprint density at radius 2 is 1.93 bits per heavy atom. The predicted octanol–water partition coefficient (Wildman–Crippen LogP) is 2.88. The average Bonchev–Trinajstić information content (AvgIpc) is 3.42. The number of benzene rings is 1. The Bertz CT molecular complexity index is 919. The first-order chi connectivity index (χ1) is 13.8. The zero-order valence-electron chi connectivity index (χ0n) is 17.2. The summed E-state index contributed by atoms with van der Waals surface area (Å²) in [4.78, 5) is 15.2. The molecule has 1 atom stereocenters. The summed E-state index contributed by atoms with van der Waals surface area (Å²) in [6.07, 6.45) is 3.91. The Kier molecular flexibility index (Phi) is 6.77. The Labute approximate surface area is 172 Å². The van der Waals surface area contributed by atoms with E-state index < -0.39 is 10.0 Å². The summed E-state index contributed by atoms with van der Waals surface area (Å²) in [5.74, 6) is 0.520. The van der Waals surface area contributed by atoms with Crippen LogP contribution in [0, 0.1) is 0 Å². The van der Waals surface area contributed by atoms with Gasteiger partial charge in [-0.3, -0.25) is 9.69 Å². The lowest BCUT2D eigenvalue weighted by atomic mass is 10.1. The highest BCUT2D eigenvalue weighted by molar-refractivity contribution is 7.89. The molecule has 7 nitrogen and oxygen atoms in total. The average molecular weight is 420 g/mol. The molecule has 3 rings (SSSR count). The fraction of sp³-hybridized carbons (Fsp3) is 0.476. The second-order valence-electron chi connectivity index (χ2n) is 7.63. The van der Waals surface area contributed by atoms with E-state index in [1.165, 1.54) is 23.5 Å². The zero-order chi connectivity index (χ0) is 21.0. The maximum Gasteiger partial charge on any atom is 0.251 e. The number of carbonyl (C=O) groups excluding carboxylic acids is 1. The van der Waals surface area contributed by atoms with Gasteiger partial charge >= 0.3 is 0 Å². The first-order valence-electron chi connectivity index (χ1n) is 9.94. The molecule has 2 heterocycles. The Balaban J connectivity index is 1.73. The van der Waals surface area contributed by atoms with E-state index in [4.69, 9.17) is 4.42 Å². The predicted molar refractivity (Wildman–Crippen MR) is 111 cm³/mol. The van der Waals surface area contributed by atoms with Crippen LogP contribution < -0.4 is 5.32 Å². The van der Waals surface area contributed by atoms with Crippen LogP contribution in [0.5, 0.6) is 0 Å². The Morgan fingerprint density at radius 3 is 2.55 bits per heavy atom. The molecule has 0 radical (unpaired) electrons. The van der Waals surface area contributed by atoms with Crippen molar-refractivity contribution >= 4 is 15.9 Å².